The summed E-state index contributed by atoms with van der Waals surface area (Å²) < 4.78 is 8.52. The molecule has 0 saturated carbocycles. The molecular formula is H2BaCaO3Si. The molecule has 0 fully saturated rings. The molecule has 0 unspecified atom stereocenters. The normalized spacial score (nSPS) is 4.00. The van der Waals surface area contributed by atoms with E-state index in [0.29, 0.717) is 0 Å². The predicted octanol–water partition coefficient (Wildman–Crippen LogP) is -3.41. The zero-order valence-corrected chi connectivity index (χ0v) is 10.8. The topological polar surface area (TPSA) is 63.2 Å². The zero-order valence-electron chi connectivity index (χ0n) is 5.14. The van der Waals surface area contributed by atoms with Crippen LogP contribution < -0.4 is 9.59 Å². The summed E-state index contributed by atoms with van der Waals surface area (Å²) in [7, 11) is -3.63. The van der Waals surface area contributed by atoms with Crippen molar-refractivity contribution in [2.45, 2.75) is 0 Å². The van der Waals surface area contributed by atoms with E-state index in [0.717, 1.165) is 0 Å². The maximum absolute atomic E-state index is 8.52. The van der Waals surface area contributed by atoms with E-state index in [-0.39, 0.29) is 89.5 Å². The van der Waals surface area contributed by atoms with E-state index in [1.807, 2.05) is 0 Å². The maximum Gasteiger partial charge on any atom is 2.00 e. The van der Waals surface area contributed by atoms with Crippen molar-refractivity contribution >= 4 is 95.8 Å². The summed E-state index contributed by atoms with van der Waals surface area (Å²) in [5.74, 6) is 0. The molecule has 0 saturated heterocycles. The fraction of sp³-hybridized carbons (Fsp3) is 0. The van der Waals surface area contributed by atoms with Crippen LogP contribution in [0.15, 0.2) is 0 Å². The smallest absolute Gasteiger partial charge is 1.00 e. The molecular weight excluding hydrogens is 253 g/mol. The molecule has 0 aliphatic carbocycles. The average Bonchev–Trinajstić information content (AvgIpc) is 0.811. The molecule has 0 aromatic carbocycles. The summed E-state index contributed by atoms with van der Waals surface area (Å²) in [6.07, 6.45) is 0. The van der Waals surface area contributed by atoms with Crippen LogP contribution in [0.5, 0.6) is 0 Å². The standard InChI is InChI=1S/Ba.Ca.O3Si.2H/c;;1-4(2)3;;/q2*+2;-2;2*-1. The van der Waals surface area contributed by atoms with Crippen molar-refractivity contribution in [3.63, 3.8) is 0 Å². The Morgan fingerprint density at radius 3 is 1.50 bits per heavy atom. The molecule has 0 aliphatic rings. The van der Waals surface area contributed by atoms with Crippen LogP contribution in [0.3, 0.4) is 0 Å². The third-order valence-corrected chi connectivity index (χ3v) is 0. The van der Waals surface area contributed by atoms with E-state index in [2.05, 4.69) is 0 Å². The number of hydrogen-bond donors (Lipinski definition) is 0. The van der Waals surface area contributed by atoms with Crippen LogP contribution in [0.1, 0.15) is 2.85 Å². The molecule has 3 nitrogen and oxygen atoms in total. The summed E-state index contributed by atoms with van der Waals surface area (Å²) in [5.41, 5.74) is 0. The van der Waals surface area contributed by atoms with E-state index < -0.39 is 9.17 Å². The SMILES string of the molecule is O=[Si]([O-])[O-].[Ba+2].[Ca+2].[H-].[H-]. The second-order valence-corrected chi connectivity index (χ2v) is 0.750. The molecule has 0 aromatic rings. The molecule has 0 aliphatic heterocycles. The van der Waals surface area contributed by atoms with Crippen molar-refractivity contribution in [3.8, 4) is 0 Å². The third kappa shape index (κ3) is 31.9. The zero-order chi connectivity index (χ0) is 3.58. The molecule has 6 heteroatoms. The van der Waals surface area contributed by atoms with Gasteiger partial charge in [-0.3, -0.25) is 0 Å². The summed E-state index contributed by atoms with van der Waals surface area (Å²) in [6.45, 7) is 0. The molecule has 0 atom stereocenters. The Bertz CT molecular complexity index is 40.3. The van der Waals surface area contributed by atoms with Gasteiger partial charge in [-0.1, -0.05) is 0 Å². The molecule has 0 radical (unpaired) electrons. The Morgan fingerprint density at radius 1 is 1.50 bits per heavy atom. The van der Waals surface area contributed by atoms with Gasteiger partial charge in [0.15, 0.2) is 0 Å². The number of rotatable bonds is 0. The minimum Gasteiger partial charge on any atom is -1.00 e. The largest absolute Gasteiger partial charge is 2.00 e. The van der Waals surface area contributed by atoms with Gasteiger partial charge in [0.1, 0.15) is 0 Å². The monoisotopic (exact) mass is 256 g/mol. The van der Waals surface area contributed by atoms with E-state index in [1.165, 1.54) is 0 Å². The van der Waals surface area contributed by atoms with E-state index in [4.69, 9.17) is 14.1 Å². The summed E-state index contributed by atoms with van der Waals surface area (Å²) in [5, 5.41) is 0. The van der Waals surface area contributed by atoms with E-state index in [9.17, 15) is 0 Å². The van der Waals surface area contributed by atoms with Crippen LogP contribution in [0, 0.1) is 0 Å². The van der Waals surface area contributed by atoms with Crippen molar-refractivity contribution in [2.75, 3.05) is 0 Å². The summed E-state index contributed by atoms with van der Waals surface area (Å²) in [6, 6.07) is 0. The molecule has 0 bridgehead atoms. The van der Waals surface area contributed by atoms with Crippen molar-refractivity contribution in [1.82, 2.24) is 0 Å². The first-order valence-electron chi connectivity index (χ1n) is 0.612. The van der Waals surface area contributed by atoms with Gasteiger partial charge in [-0.25, -0.2) is 0 Å². The Balaban J connectivity index is -0.00000000750. The molecule has 28 valence electrons. The van der Waals surface area contributed by atoms with E-state index >= 15 is 0 Å². The van der Waals surface area contributed by atoms with Gasteiger partial charge < -0.3 is 16.9 Å². The van der Waals surface area contributed by atoms with Crippen LogP contribution in [-0.2, 0) is 4.46 Å². The minimum absolute atomic E-state index is 0. The Labute approximate surface area is 110 Å². The van der Waals surface area contributed by atoms with E-state index in [1.54, 1.807) is 0 Å². The first-order valence-corrected chi connectivity index (χ1v) is 1.84. The summed E-state index contributed by atoms with van der Waals surface area (Å²) >= 11 is 0. The van der Waals surface area contributed by atoms with Gasteiger partial charge in [-0.05, 0) is 0 Å². The first kappa shape index (κ1) is 15.8. The molecule has 0 heterocycles. The maximum atomic E-state index is 8.52. The first-order chi connectivity index (χ1) is 1.73. The fourth-order valence-corrected chi connectivity index (χ4v) is 0. The molecule has 0 rings (SSSR count). The van der Waals surface area contributed by atoms with Crippen LogP contribution >= 0.6 is 0 Å². The molecule has 0 N–H and O–H groups in total. The van der Waals surface area contributed by atoms with Gasteiger partial charge in [-0.2, -0.15) is 0 Å². The van der Waals surface area contributed by atoms with Crippen molar-refractivity contribution in [1.29, 1.82) is 0 Å². The quantitative estimate of drug-likeness (QED) is 0.424. The predicted molar refractivity (Wildman–Crippen MR) is 20.2 cm³/mol. The minimum atomic E-state index is -3.63. The fourth-order valence-electron chi connectivity index (χ4n) is 0. The molecule has 0 amide bonds. The molecule has 0 aromatic heterocycles. The van der Waals surface area contributed by atoms with Gasteiger partial charge in [-0.15, -0.1) is 0 Å². The second-order valence-electron chi connectivity index (χ2n) is 0.250. The number of hydrogen-bond acceptors (Lipinski definition) is 3. The summed E-state index contributed by atoms with van der Waals surface area (Å²) in [4.78, 5) is 17.0. The Kier molecular flexibility index (Phi) is 27.5. The van der Waals surface area contributed by atoms with Crippen LogP contribution in [-0.4, -0.2) is 95.8 Å². The Morgan fingerprint density at radius 2 is 1.50 bits per heavy atom. The van der Waals surface area contributed by atoms with Crippen molar-refractivity contribution in [3.05, 3.63) is 0 Å². The van der Waals surface area contributed by atoms with Gasteiger partial charge in [0.25, 0.3) is 0 Å². The van der Waals surface area contributed by atoms with Crippen LogP contribution in [0.2, 0.25) is 0 Å². The van der Waals surface area contributed by atoms with Gasteiger partial charge >= 0.3 is 86.6 Å². The Hall–Kier alpha value is 2.45. The average molecular weight is 256 g/mol. The molecule has 0 spiro atoms. The van der Waals surface area contributed by atoms with Gasteiger partial charge in [0, 0.05) is 9.17 Å². The van der Waals surface area contributed by atoms with Crippen molar-refractivity contribution < 1.29 is 16.9 Å². The van der Waals surface area contributed by atoms with Crippen molar-refractivity contribution in [2.24, 2.45) is 0 Å². The van der Waals surface area contributed by atoms with Crippen LogP contribution in [0.25, 0.3) is 0 Å². The van der Waals surface area contributed by atoms with Gasteiger partial charge in [0.2, 0.25) is 0 Å². The second kappa shape index (κ2) is 10.4. The van der Waals surface area contributed by atoms with Crippen LogP contribution in [0.4, 0.5) is 0 Å². The molecule has 6 heavy (non-hydrogen) atoms. The van der Waals surface area contributed by atoms with Gasteiger partial charge in [0.05, 0.1) is 0 Å². The third-order valence-electron chi connectivity index (χ3n) is 0.